The molecule has 6 nitrogen and oxygen atoms in total. The summed E-state index contributed by atoms with van der Waals surface area (Å²) in [6, 6.07) is 1.49. The number of hydrogen-bond acceptors (Lipinski definition) is 5. The molecule has 0 atom stereocenters. The maximum absolute atomic E-state index is 10.9. The van der Waals surface area contributed by atoms with E-state index in [2.05, 4.69) is 9.82 Å². The fourth-order valence-electron chi connectivity index (χ4n) is 0.621. The first kappa shape index (κ1) is 7.70. The van der Waals surface area contributed by atoms with Crippen molar-refractivity contribution in [1.29, 1.82) is 0 Å². The van der Waals surface area contributed by atoms with Crippen molar-refractivity contribution in [2.24, 2.45) is 5.90 Å². The van der Waals surface area contributed by atoms with Crippen LogP contribution in [0.4, 0.5) is 5.82 Å². The van der Waals surface area contributed by atoms with E-state index in [1.807, 2.05) is 0 Å². The molecule has 0 spiro atoms. The molecule has 0 aliphatic heterocycles. The second kappa shape index (κ2) is 3.13. The molecule has 0 radical (unpaired) electrons. The lowest BCUT2D eigenvalue weighted by atomic mass is 10.6. The Labute approximate surface area is 62.4 Å². The van der Waals surface area contributed by atoms with Crippen LogP contribution in [0.1, 0.15) is 0 Å². The van der Waals surface area contributed by atoms with Crippen molar-refractivity contribution >= 4 is 5.82 Å². The summed E-state index contributed by atoms with van der Waals surface area (Å²) in [4.78, 5) is 18.5. The molecule has 1 aromatic rings. The molecule has 11 heavy (non-hydrogen) atoms. The number of nitrogen functional groups attached to an aromatic ring is 1. The van der Waals surface area contributed by atoms with E-state index in [1.54, 1.807) is 0 Å². The summed E-state index contributed by atoms with van der Waals surface area (Å²) in [6.07, 6.45) is 1.46. The van der Waals surface area contributed by atoms with E-state index in [0.717, 1.165) is 0 Å². The molecule has 0 saturated heterocycles. The average Bonchev–Trinajstić information content (AvgIpc) is 1.95. The fourth-order valence-corrected chi connectivity index (χ4v) is 0.621. The molecule has 0 unspecified atom stereocenters. The summed E-state index contributed by atoms with van der Waals surface area (Å²) >= 11 is 0. The summed E-state index contributed by atoms with van der Waals surface area (Å²) in [5, 5.41) is 0. The number of anilines is 1. The summed E-state index contributed by atoms with van der Waals surface area (Å²) in [5.41, 5.74) is 4.75. The van der Waals surface area contributed by atoms with Gasteiger partial charge >= 0.3 is 5.69 Å². The van der Waals surface area contributed by atoms with Gasteiger partial charge in [-0.15, -0.1) is 0 Å². The predicted octanol–water partition coefficient (Wildman–Crippen LogP) is -1.33. The van der Waals surface area contributed by atoms with Crippen molar-refractivity contribution in [3.05, 3.63) is 22.7 Å². The lowest BCUT2D eigenvalue weighted by Crippen LogP contribution is -2.25. The lowest BCUT2D eigenvalue weighted by molar-refractivity contribution is 0.0748. The van der Waals surface area contributed by atoms with Crippen molar-refractivity contribution in [2.45, 2.75) is 6.73 Å². The van der Waals surface area contributed by atoms with Crippen LogP contribution < -0.4 is 17.3 Å². The van der Waals surface area contributed by atoms with Gasteiger partial charge in [-0.3, -0.25) is 9.40 Å². The van der Waals surface area contributed by atoms with Gasteiger partial charge in [0.25, 0.3) is 0 Å². The van der Waals surface area contributed by atoms with Crippen molar-refractivity contribution in [3.8, 4) is 0 Å². The van der Waals surface area contributed by atoms with E-state index >= 15 is 0 Å². The second-order valence-electron chi connectivity index (χ2n) is 1.90. The first-order chi connectivity index (χ1) is 5.24. The maximum Gasteiger partial charge on any atom is 0.351 e. The highest BCUT2D eigenvalue weighted by Crippen LogP contribution is 1.88. The van der Waals surface area contributed by atoms with Gasteiger partial charge in [-0.2, -0.15) is 4.98 Å². The Morgan fingerprint density at radius 3 is 3.00 bits per heavy atom. The molecular weight excluding hydrogens is 148 g/mol. The third kappa shape index (κ3) is 1.76. The molecule has 1 aromatic heterocycles. The molecule has 0 aliphatic carbocycles. The van der Waals surface area contributed by atoms with E-state index in [4.69, 9.17) is 11.6 Å². The molecule has 0 aliphatic rings. The van der Waals surface area contributed by atoms with Crippen molar-refractivity contribution < 1.29 is 4.84 Å². The largest absolute Gasteiger partial charge is 0.383 e. The number of hydrogen-bond donors (Lipinski definition) is 2. The molecule has 0 fully saturated rings. The van der Waals surface area contributed by atoms with Gasteiger partial charge in [-0.1, -0.05) is 0 Å². The Kier molecular flexibility index (Phi) is 2.19. The maximum atomic E-state index is 10.9. The average molecular weight is 156 g/mol. The van der Waals surface area contributed by atoms with Crippen molar-refractivity contribution in [3.63, 3.8) is 0 Å². The molecule has 0 amide bonds. The quantitative estimate of drug-likeness (QED) is 0.517. The van der Waals surface area contributed by atoms with E-state index in [9.17, 15) is 4.79 Å². The van der Waals surface area contributed by atoms with Crippen LogP contribution in [-0.2, 0) is 11.6 Å². The van der Waals surface area contributed by atoms with Crippen LogP contribution >= 0.6 is 0 Å². The molecule has 0 aromatic carbocycles. The Hall–Kier alpha value is -1.40. The summed E-state index contributed by atoms with van der Waals surface area (Å²) < 4.78 is 1.19. The molecule has 1 heterocycles. The van der Waals surface area contributed by atoms with Crippen LogP contribution in [0.25, 0.3) is 0 Å². The molecule has 4 N–H and O–H groups in total. The standard InChI is InChI=1S/C5H8N4O2/c6-4-1-2-9(3-11-7)5(10)8-4/h1-2H,3,7H2,(H2,6,8,10). The minimum absolute atomic E-state index is 0.0217. The number of nitrogens with two attached hydrogens (primary N) is 2. The zero-order valence-corrected chi connectivity index (χ0v) is 5.73. The first-order valence-corrected chi connectivity index (χ1v) is 2.88. The number of nitrogens with zero attached hydrogens (tertiary/aromatic N) is 2. The van der Waals surface area contributed by atoms with Crippen LogP contribution in [-0.4, -0.2) is 9.55 Å². The zero-order chi connectivity index (χ0) is 8.27. The molecule has 0 saturated carbocycles. The number of aromatic nitrogens is 2. The van der Waals surface area contributed by atoms with Crippen LogP contribution in [0.3, 0.4) is 0 Å². The fraction of sp³-hybridized carbons (Fsp3) is 0.200. The van der Waals surface area contributed by atoms with Gasteiger partial charge in [0.15, 0.2) is 0 Å². The van der Waals surface area contributed by atoms with Crippen LogP contribution in [0.2, 0.25) is 0 Å². The van der Waals surface area contributed by atoms with Gasteiger partial charge < -0.3 is 5.73 Å². The highest BCUT2D eigenvalue weighted by atomic mass is 16.6. The Morgan fingerprint density at radius 2 is 2.45 bits per heavy atom. The monoisotopic (exact) mass is 156 g/mol. The Morgan fingerprint density at radius 1 is 1.73 bits per heavy atom. The minimum atomic E-state index is -0.476. The van der Waals surface area contributed by atoms with E-state index < -0.39 is 5.69 Å². The number of rotatable bonds is 2. The van der Waals surface area contributed by atoms with Gasteiger partial charge in [0.1, 0.15) is 12.5 Å². The second-order valence-corrected chi connectivity index (χ2v) is 1.90. The van der Waals surface area contributed by atoms with Gasteiger partial charge in [0.05, 0.1) is 0 Å². The lowest BCUT2D eigenvalue weighted by Gasteiger charge is -2.00. The van der Waals surface area contributed by atoms with E-state index in [0.29, 0.717) is 0 Å². The Bertz CT molecular complexity index is 295. The predicted molar refractivity (Wildman–Crippen MR) is 38.2 cm³/mol. The van der Waals surface area contributed by atoms with Crippen LogP contribution in [0, 0.1) is 0 Å². The normalized spacial score (nSPS) is 9.91. The van der Waals surface area contributed by atoms with Crippen LogP contribution in [0.5, 0.6) is 0 Å². The van der Waals surface area contributed by atoms with Gasteiger partial charge in [0, 0.05) is 6.20 Å². The minimum Gasteiger partial charge on any atom is -0.383 e. The topological polar surface area (TPSA) is 96.2 Å². The first-order valence-electron chi connectivity index (χ1n) is 2.88. The molecule has 60 valence electrons. The van der Waals surface area contributed by atoms with Gasteiger partial charge in [-0.05, 0) is 6.07 Å². The van der Waals surface area contributed by atoms with E-state index in [1.165, 1.54) is 16.8 Å². The van der Waals surface area contributed by atoms with Crippen molar-refractivity contribution in [2.75, 3.05) is 5.73 Å². The molecule has 0 bridgehead atoms. The van der Waals surface area contributed by atoms with Gasteiger partial charge in [-0.25, -0.2) is 10.7 Å². The smallest absolute Gasteiger partial charge is 0.351 e. The summed E-state index contributed by atoms with van der Waals surface area (Å²) in [6.45, 7) is -0.0217. The zero-order valence-electron chi connectivity index (χ0n) is 5.73. The Balaban J connectivity index is 3.00. The summed E-state index contributed by atoms with van der Waals surface area (Å²) in [7, 11) is 0. The molecule has 6 heteroatoms. The highest BCUT2D eigenvalue weighted by molar-refractivity contribution is 5.23. The van der Waals surface area contributed by atoms with Crippen molar-refractivity contribution in [1.82, 2.24) is 9.55 Å². The third-order valence-corrected chi connectivity index (χ3v) is 1.11. The van der Waals surface area contributed by atoms with Crippen LogP contribution in [0.15, 0.2) is 17.1 Å². The van der Waals surface area contributed by atoms with E-state index in [-0.39, 0.29) is 12.5 Å². The third-order valence-electron chi connectivity index (χ3n) is 1.11. The van der Waals surface area contributed by atoms with Gasteiger partial charge in [0.2, 0.25) is 0 Å². The SMILES string of the molecule is NOCn1ccc(N)nc1=O. The highest BCUT2D eigenvalue weighted by Gasteiger charge is 1.94. The molecule has 1 rings (SSSR count). The summed E-state index contributed by atoms with van der Waals surface area (Å²) in [5.74, 6) is 4.93. The molecular formula is C5H8N4O2.